The summed E-state index contributed by atoms with van der Waals surface area (Å²) in [5.41, 5.74) is 2.32. The summed E-state index contributed by atoms with van der Waals surface area (Å²) in [5.74, 6) is 0. The van der Waals surface area contributed by atoms with Gasteiger partial charge in [-0.05, 0) is 45.8 Å². The fourth-order valence-corrected chi connectivity index (χ4v) is 2.41. The van der Waals surface area contributed by atoms with Gasteiger partial charge in [-0.25, -0.2) is 9.78 Å². The van der Waals surface area contributed by atoms with E-state index in [-0.39, 0.29) is 5.69 Å². The molecule has 5 heteroatoms. The number of rotatable bonds is 2. The zero-order chi connectivity index (χ0) is 13.2. The van der Waals surface area contributed by atoms with Crippen molar-refractivity contribution in [1.29, 1.82) is 0 Å². The predicted octanol–water partition coefficient (Wildman–Crippen LogP) is 2.55. The first-order valence-electron chi connectivity index (χ1n) is 5.80. The van der Waals surface area contributed by atoms with Crippen LogP contribution in [0.25, 0.3) is 11.4 Å². The minimum Gasteiger partial charge on any atom is -0.286 e. The van der Waals surface area contributed by atoms with Crippen LogP contribution in [0.2, 0.25) is 0 Å². The topological polar surface area (TPSA) is 47.8 Å². The van der Waals surface area contributed by atoms with Gasteiger partial charge in [0.25, 0.3) is 0 Å². The van der Waals surface area contributed by atoms with Crippen molar-refractivity contribution in [2.45, 2.75) is 6.54 Å². The van der Waals surface area contributed by atoms with E-state index >= 15 is 0 Å². The summed E-state index contributed by atoms with van der Waals surface area (Å²) in [5, 5.41) is 0. The highest BCUT2D eigenvalue weighted by Crippen LogP contribution is 2.17. The van der Waals surface area contributed by atoms with Gasteiger partial charge in [0.1, 0.15) is 4.60 Å². The third-order valence-electron chi connectivity index (χ3n) is 2.86. The molecule has 1 aliphatic heterocycles. The molecular formula is C14H10BrN3O. The third kappa shape index (κ3) is 2.42. The lowest BCUT2D eigenvalue weighted by Gasteiger charge is -2.04. The smallest absolute Gasteiger partial charge is 0.286 e. The van der Waals surface area contributed by atoms with Crippen LogP contribution >= 0.6 is 15.9 Å². The molecule has 1 aromatic heterocycles. The Morgan fingerprint density at radius 2 is 2.00 bits per heavy atom. The molecule has 1 aromatic rings. The monoisotopic (exact) mass is 315 g/mol. The third-order valence-corrected chi connectivity index (χ3v) is 3.30. The maximum atomic E-state index is 12.0. The van der Waals surface area contributed by atoms with Gasteiger partial charge in [0.2, 0.25) is 0 Å². The fraction of sp³-hybridized carbons (Fsp3) is 0.0714. The fourth-order valence-electron chi connectivity index (χ4n) is 1.99. The van der Waals surface area contributed by atoms with Crippen molar-refractivity contribution in [2.24, 2.45) is 0 Å². The van der Waals surface area contributed by atoms with E-state index in [1.807, 2.05) is 42.5 Å². The lowest BCUT2D eigenvalue weighted by molar-refractivity contribution is 0.770. The average molecular weight is 316 g/mol. The Morgan fingerprint density at radius 3 is 2.84 bits per heavy atom. The minimum atomic E-state index is -0.228. The second-order valence-electron chi connectivity index (χ2n) is 4.15. The molecule has 0 fully saturated rings. The molecule has 0 N–H and O–H groups in total. The number of aromatic nitrogens is 3. The van der Waals surface area contributed by atoms with Gasteiger partial charge in [-0.2, -0.15) is 4.98 Å². The minimum absolute atomic E-state index is 0.228. The molecule has 2 heterocycles. The van der Waals surface area contributed by atoms with Crippen LogP contribution in [-0.2, 0) is 6.54 Å². The van der Waals surface area contributed by atoms with Crippen LogP contribution in [0.4, 0.5) is 0 Å². The van der Waals surface area contributed by atoms with Gasteiger partial charge in [-0.1, -0.05) is 18.2 Å². The van der Waals surface area contributed by atoms with Crippen molar-refractivity contribution < 1.29 is 0 Å². The van der Waals surface area contributed by atoms with Crippen LogP contribution in [0.15, 0.2) is 58.1 Å². The number of fused-ring (bicyclic) bond motifs is 1. The molecule has 0 unspecified atom stereocenters. The lowest BCUT2D eigenvalue weighted by Crippen LogP contribution is -2.17. The van der Waals surface area contributed by atoms with Gasteiger partial charge in [0.15, 0.2) is 0 Å². The highest BCUT2D eigenvalue weighted by molar-refractivity contribution is 9.10. The predicted molar refractivity (Wildman–Crippen MR) is 76.2 cm³/mol. The molecule has 0 radical (unpaired) electrons. The summed E-state index contributed by atoms with van der Waals surface area (Å²) in [6, 6.07) is 13.2. The maximum Gasteiger partial charge on any atom is 0.349 e. The van der Waals surface area contributed by atoms with Gasteiger partial charge in [0.05, 0.1) is 17.9 Å². The Labute approximate surface area is 118 Å². The van der Waals surface area contributed by atoms with E-state index in [9.17, 15) is 4.79 Å². The summed E-state index contributed by atoms with van der Waals surface area (Å²) in [7, 11) is 0. The summed E-state index contributed by atoms with van der Waals surface area (Å²) in [6.45, 7) is 0.487. The van der Waals surface area contributed by atoms with Gasteiger partial charge >= 0.3 is 5.69 Å². The Bertz CT molecular complexity index is 754. The van der Waals surface area contributed by atoms with E-state index in [0.29, 0.717) is 12.2 Å². The number of halogens is 1. The summed E-state index contributed by atoms with van der Waals surface area (Å²) >= 11 is 3.33. The zero-order valence-electron chi connectivity index (χ0n) is 9.95. The van der Waals surface area contributed by atoms with Crippen molar-refractivity contribution in [2.75, 3.05) is 0 Å². The first-order valence-corrected chi connectivity index (χ1v) is 6.59. The number of imidazole rings is 1. The van der Waals surface area contributed by atoms with E-state index in [1.54, 1.807) is 10.8 Å². The Balaban J connectivity index is 2.08. The largest absolute Gasteiger partial charge is 0.349 e. The summed E-state index contributed by atoms with van der Waals surface area (Å²) in [4.78, 5) is 20.1. The van der Waals surface area contributed by atoms with Crippen molar-refractivity contribution in [3.05, 3.63) is 69.3 Å². The van der Waals surface area contributed by atoms with Crippen LogP contribution < -0.4 is 5.69 Å². The van der Waals surface area contributed by atoms with Crippen LogP contribution in [-0.4, -0.2) is 14.5 Å². The number of pyridine rings is 1. The van der Waals surface area contributed by atoms with Crippen molar-refractivity contribution >= 4 is 15.9 Å². The molecule has 0 saturated carbocycles. The van der Waals surface area contributed by atoms with E-state index in [2.05, 4.69) is 25.9 Å². The van der Waals surface area contributed by atoms with Gasteiger partial charge < -0.3 is 0 Å². The molecule has 0 atom stereocenters. The molecule has 19 heavy (non-hydrogen) atoms. The molecule has 0 aromatic carbocycles. The van der Waals surface area contributed by atoms with Gasteiger partial charge in [0, 0.05) is 6.20 Å². The van der Waals surface area contributed by atoms with E-state index < -0.39 is 0 Å². The second-order valence-corrected chi connectivity index (χ2v) is 4.96. The molecule has 4 nitrogen and oxygen atoms in total. The number of hydrogen-bond donors (Lipinski definition) is 0. The van der Waals surface area contributed by atoms with Crippen LogP contribution in [0.1, 0.15) is 5.56 Å². The van der Waals surface area contributed by atoms with E-state index in [0.717, 1.165) is 15.9 Å². The molecule has 0 saturated heterocycles. The highest BCUT2D eigenvalue weighted by atomic mass is 79.9. The molecular weight excluding hydrogens is 306 g/mol. The standard InChI is InChI=1S/C14H10BrN3O/c15-13-8-10(6-7-16-13)9-18-12-5-3-1-2-4-11(12)17-14(18)19/h1-8H,9H2. The molecule has 0 amide bonds. The van der Waals surface area contributed by atoms with Crippen molar-refractivity contribution in [3.63, 3.8) is 0 Å². The van der Waals surface area contributed by atoms with Gasteiger partial charge in [-0.3, -0.25) is 4.57 Å². The molecule has 2 aliphatic rings. The second kappa shape index (κ2) is 4.93. The first kappa shape index (κ1) is 12.0. The van der Waals surface area contributed by atoms with Gasteiger partial charge in [-0.15, -0.1) is 0 Å². The highest BCUT2D eigenvalue weighted by Gasteiger charge is 2.12. The normalized spacial score (nSPS) is 10.8. The maximum absolute atomic E-state index is 12.0. The summed E-state index contributed by atoms with van der Waals surface area (Å²) in [6.07, 6.45) is 1.71. The Morgan fingerprint density at radius 1 is 1.16 bits per heavy atom. The molecule has 3 rings (SSSR count). The first-order chi connectivity index (χ1) is 9.24. The number of hydrogen-bond acceptors (Lipinski definition) is 3. The molecule has 1 aliphatic carbocycles. The number of nitrogens with zero attached hydrogens (tertiary/aromatic N) is 3. The van der Waals surface area contributed by atoms with Crippen molar-refractivity contribution in [3.8, 4) is 11.4 Å². The van der Waals surface area contributed by atoms with Crippen molar-refractivity contribution in [1.82, 2.24) is 14.5 Å². The molecule has 0 spiro atoms. The average Bonchev–Trinajstić information content (AvgIpc) is 2.57. The zero-order valence-corrected chi connectivity index (χ0v) is 11.5. The quantitative estimate of drug-likeness (QED) is 0.683. The molecule has 0 bridgehead atoms. The van der Waals surface area contributed by atoms with Crippen LogP contribution in [0, 0.1) is 0 Å². The Kier molecular flexibility index (Phi) is 3.13. The SMILES string of the molecule is O=c1nc2cccccc-2n1Cc1ccnc(Br)c1. The lowest BCUT2D eigenvalue weighted by atomic mass is 10.2. The van der Waals surface area contributed by atoms with Crippen LogP contribution in [0.5, 0.6) is 0 Å². The van der Waals surface area contributed by atoms with E-state index in [4.69, 9.17) is 0 Å². The van der Waals surface area contributed by atoms with Crippen LogP contribution in [0.3, 0.4) is 0 Å². The van der Waals surface area contributed by atoms with E-state index in [1.165, 1.54) is 0 Å². The Hall–Kier alpha value is -2.01. The summed E-state index contributed by atoms with van der Waals surface area (Å²) < 4.78 is 2.42. The molecule has 94 valence electrons.